The molecular weight excluding hydrogens is 495 g/mol. The number of aliphatic imine (C=N–C) groups is 1. The van der Waals surface area contributed by atoms with E-state index in [9.17, 15) is 4.79 Å². The predicted molar refractivity (Wildman–Crippen MR) is 131 cm³/mol. The van der Waals surface area contributed by atoms with Gasteiger partial charge in [-0.3, -0.25) is 9.79 Å². The van der Waals surface area contributed by atoms with Crippen LogP contribution in [-0.4, -0.2) is 46.2 Å². The molecule has 3 N–H and O–H groups in total. The second-order valence-corrected chi connectivity index (χ2v) is 6.35. The number of carbonyl (C=O) groups is 1. The highest BCUT2D eigenvalue weighted by atomic mass is 127. The Morgan fingerprint density at radius 3 is 2.20 bits per heavy atom. The van der Waals surface area contributed by atoms with Gasteiger partial charge in [0.2, 0.25) is 0 Å². The van der Waals surface area contributed by atoms with Crippen molar-refractivity contribution in [3.63, 3.8) is 0 Å². The number of amides is 1. The molecule has 30 heavy (non-hydrogen) atoms. The molecule has 2 aromatic carbocycles. The van der Waals surface area contributed by atoms with Gasteiger partial charge in [-0.05, 0) is 48.7 Å². The number of hydrogen-bond donors (Lipinski definition) is 3. The van der Waals surface area contributed by atoms with E-state index >= 15 is 0 Å². The van der Waals surface area contributed by atoms with E-state index < -0.39 is 0 Å². The summed E-state index contributed by atoms with van der Waals surface area (Å²) in [6.45, 7) is 3.87. The zero-order valence-electron chi connectivity index (χ0n) is 18.0. The highest BCUT2D eigenvalue weighted by Crippen LogP contribution is 2.27. The van der Waals surface area contributed by atoms with Gasteiger partial charge in [0, 0.05) is 32.2 Å². The third kappa shape index (κ3) is 7.74. The van der Waals surface area contributed by atoms with E-state index in [0.717, 1.165) is 41.6 Å². The van der Waals surface area contributed by atoms with Crippen LogP contribution in [-0.2, 0) is 13.0 Å². The maximum Gasteiger partial charge on any atom is 0.251 e. The number of guanidine groups is 1. The summed E-state index contributed by atoms with van der Waals surface area (Å²) in [5.41, 5.74) is 2.88. The Labute approximate surface area is 195 Å². The first-order valence-corrected chi connectivity index (χ1v) is 9.63. The Hall–Kier alpha value is -2.49. The van der Waals surface area contributed by atoms with Gasteiger partial charge in [-0.15, -0.1) is 24.0 Å². The Morgan fingerprint density at radius 2 is 1.60 bits per heavy atom. The smallest absolute Gasteiger partial charge is 0.251 e. The molecule has 0 fully saturated rings. The molecule has 0 bridgehead atoms. The molecule has 0 heterocycles. The molecule has 0 spiro atoms. The van der Waals surface area contributed by atoms with Gasteiger partial charge in [-0.1, -0.05) is 18.2 Å². The minimum absolute atomic E-state index is 0. The number of benzene rings is 2. The van der Waals surface area contributed by atoms with Crippen LogP contribution in [0.15, 0.2) is 47.5 Å². The van der Waals surface area contributed by atoms with Gasteiger partial charge >= 0.3 is 0 Å². The number of nitrogens with one attached hydrogen (secondary N) is 3. The molecule has 0 aliphatic rings. The molecule has 8 heteroatoms. The van der Waals surface area contributed by atoms with E-state index in [2.05, 4.69) is 20.9 Å². The monoisotopic (exact) mass is 526 g/mol. The molecule has 164 valence electrons. The topological polar surface area (TPSA) is 84.0 Å². The second-order valence-electron chi connectivity index (χ2n) is 6.35. The van der Waals surface area contributed by atoms with Crippen LogP contribution < -0.4 is 25.4 Å². The number of ether oxygens (including phenoxy) is 2. The van der Waals surface area contributed by atoms with Gasteiger partial charge in [-0.25, -0.2) is 0 Å². The van der Waals surface area contributed by atoms with Crippen molar-refractivity contribution in [2.45, 2.75) is 19.9 Å². The molecule has 2 rings (SSSR count). The van der Waals surface area contributed by atoms with Gasteiger partial charge in [0.1, 0.15) is 0 Å². The van der Waals surface area contributed by atoms with Gasteiger partial charge < -0.3 is 25.4 Å². The van der Waals surface area contributed by atoms with Crippen molar-refractivity contribution in [1.82, 2.24) is 16.0 Å². The standard InChI is InChI=1S/C22H30N4O3.HI/c1-5-24-21(27)18-9-6-17(7-10-18)15-26-22(23-2)25-13-12-16-8-11-19(28-3)20(14-16)29-4;/h6-11,14H,5,12-13,15H2,1-4H3,(H,24,27)(H2,23,25,26);1H. The average molecular weight is 526 g/mol. The Kier molecular flexibility index (Phi) is 11.7. The number of carbonyl (C=O) groups excluding carboxylic acids is 1. The molecule has 0 radical (unpaired) electrons. The lowest BCUT2D eigenvalue weighted by atomic mass is 10.1. The summed E-state index contributed by atoms with van der Waals surface area (Å²) in [5.74, 6) is 2.11. The molecule has 0 saturated heterocycles. The third-order valence-corrected chi connectivity index (χ3v) is 4.39. The molecule has 0 unspecified atom stereocenters. The number of nitrogens with zero attached hydrogens (tertiary/aromatic N) is 1. The van der Waals surface area contributed by atoms with Gasteiger partial charge in [0.15, 0.2) is 17.5 Å². The quantitative estimate of drug-likeness (QED) is 0.266. The molecular formula is C22H31IN4O3. The fraction of sp³-hybridized carbons (Fsp3) is 0.364. The van der Waals surface area contributed by atoms with Gasteiger partial charge in [-0.2, -0.15) is 0 Å². The zero-order chi connectivity index (χ0) is 21.1. The van der Waals surface area contributed by atoms with Crippen molar-refractivity contribution in [3.8, 4) is 11.5 Å². The van der Waals surface area contributed by atoms with Gasteiger partial charge in [0.25, 0.3) is 5.91 Å². The summed E-state index contributed by atoms with van der Waals surface area (Å²) in [4.78, 5) is 16.1. The van der Waals surface area contributed by atoms with E-state index in [4.69, 9.17) is 9.47 Å². The molecule has 0 aliphatic carbocycles. The van der Waals surface area contributed by atoms with Crippen LogP contribution in [0.5, 0.6) is 11.5 Å². The lowest BCUT2D eigenvalue weighted by molar-refractivity contribution is 0.0956. The largest absolute Gasteiger partial charge is 0.493 e. The lowest BCUT2D eigenvalue weighted by Gasteiger charge is -2.13. The maximum absolute atomic E-state index is 11.8. The van der Waals surface area contributed by atoms with E-state index in [1.807, 2.05) is 49.4 Å². The number of methoxy groups -OCH3 is 2. The maximum atomic E-state index is 11.8. The highest BCUT2D eigenvalue weighted by molar-refractivity contribution is 14.0. The summed E-state index contributed by atoms with van der Waals surface area (Å²) < 4.78 is 10.6. The normalized spacial score (nSPS) is 10.6. The van der Waals surface area contributed by atoms with Crippen LogP contribution in [0, 0.1) is 0 Å². The van der Waals surface area contributed by atoms with E-state index in [1.54, 1.807) is 21.3 Å². The summed E-state index contributed by atoms with van der Waals surface area (Å²) in [7, 11) is 5.00. The summed E-state index contributed by atoms with van der Waals surface area (Å²) in [6.07, 6.45) is 0.822. The van der Waals surface area contributed by atoms with Crippen LogP contribution in [0.25, 0.3) is 0 Å². The molecule has 0 aliphatic heterocycles. The summed E-state index contributed by atoms with van der Waals surface area (Å²) >= 11 is 0. The Balaban J connectivity index is 0.00000450. The van der Waals surface area contributed by atoms with Crippen LogP contribution in [0.2, 0.25) is 0 Å². The van der Waals surface area contributed by atoms with E-state index in [-0.39, 0.29) is 29.9 Å². The highest BCUT2D eigenvalue weighted by Gasteiger charge is 2.06. The van der Waals surface area contributed by atoms with E-state index in [0.29, 0.717) is 18.7 Å². The number of rotatable bonds is 9. The SMILES string of the molecule is CCNC(=O)c1ccc(CNC(=NC)NCCc2ccc(OC)c(OC)c2)cc1.I. The van der Waals surface area contributed by atoms with Crippen molar-refractivity contribution in [2.24, 2.45) is 4.99 Å². The van der Waals surface area contributed by atoms with Crippen LogP contribution in [0.1, 0.15) is 28.4 Å². The zero-order valence-corrected chi connectivity index (χ0v) is 20.3. The number of hydrogen-bond acceptors (Lipinski definition) is 4. The molecule has 0 saturated carbocycles. The summed E-state index contributed by atoms with van der Waals surface area (Å²) in [5, 5.41) is 9.38. The first-order chi connectivity index (χ1) is 14.1. The van der Waals surface area contributed by atoms with Crippen molar-refractivity contribution in [3.05, 3.63) is 59.2 Å². The van der Waals surface area contributed by atoms with Crippen LogP contribution in [0.4, 0.5) is 0 Å². The average Bonchev–Trinajstić information content (AvgIpc) is 2.76. The van der Waals surface area contributed by atoms with Crippen molar-refractivity contribution in [2.75, 3.05) is 34.4 Å². The second kappa shape index (κ2) is 13.7. The predicted octanol–water partition coefficient (Wildman–Crippen LogP) is 2.98. The van der Waals surface area contributed by atoms with Crippen molar-refractivity contribution < 1.29 is 14.3 Å². The summed E-state index contributed by atoms with van der Waals surface area (Å²) in [6, 6.07) is 13.4. The molecule has 7 nitrogen and oxygen atoms in total. The Morgan fingerprint density at radius 1 is 0.933 bits per heavy atom. The first-order valence-electron chi connectivity index (χ1n) is 9.63. The molecule has 0 aromatic heterocycles. The molecule has 2 aromatic rings. The molecule has 0 atom stereocenters. The lowest BCUT2D eigenvalue weighted by Crippen LogP contribution is -2.37. The Bertz CT molecular complexity index is 826. The van der Waals surface area contributed by atoms with Gasteiger partial charge in [0.05, 0.1) is 14.2 Å². The minimum atomic E-state index is -0.0559. The van der Waals surface area contributed by atoms with Crippen LogP contribution >= 0.6 is 24.0 Å². The molecule has 1 amide bonds. The fourth-order valence-corrected chi connectivity index (χ4v) is 2.80. The third-order valence-electron chi connectivity index (χ3n) is 4.39. The number of halogens is 1. The fourth-order valence-electron chi connectivity index (χ4n) is 2.80. The first kappa shape index (κ1) is 25.5. The van der Waals surface area contributed by atoms with Crippen molar-refractivity contribution in [1.29, 1.82) is 0 Å². The van der Waals surface area contributed by atoms with E-state index in [1.165, 1.54) is 0 Å². The van der Waals surface area contributed by atoms with Crippen molar-refractivity contribution >= 4 is 35.8 Å². The van der Waals surface area contributed by atoms with Crippen LogP contribution in [0.3, 0.4) is 0 Å². The minimum Gasteiger partial charge on any atom is -0.493 e.